The van der Waals surface area contributed by atoms with E-state index in [-0.39, 0.29) is 11.8 Å². The van der Waals surface area contributed by atoms with Crippen LogP contribution < -0.4 is 4.74 Å². The van der Waals surface area contributed by atoms with Gasteiger partial charge in [0.1, 0.15) is 5.75 Å². The van der Waals surface area contributed by atoms with Gasteiger partial charge in [0, 0.05) is 32.1 Å². The summed E-state index contributed by atoms with van der Waals surface area (Å²) in [5.41, 5.74) is 2.41. The minimum absolute atomic E-state index is 0.0739. The number of amides is 1. The highest BCUT2D eigenvalue weighted by atomic mass is 32.2. The lowest BCUT2D eigenvalue weighted by Crippen LogP contribution is -2.45. The summed E-state index contributed by atoms with van der Waals surface area (Å²) in [6, 6.07) is 6.03. The van der Waals surface area contributed by atoms with Crippen molar-refractivity contribution in [2.75, 3.05) is 33.0 Å². The zero-order chi connectivity index (χ0) is 17.3. The van der Waals surface area contributed by atoms with Crippen LogP contribution in [-0.4, -0.2) is 56.5 Å². The number of sulfonamides is 1. The van der Waals surface area contributed by atoms with E-state index in [4.69, 9.17) is 4.74 Å². The smallest absolute Gasteiger partial charge is 0.226 e. The monoisotopic (exact) mass is 352 g/mol. The Morgan fingerprint density at radius 1 is 1.17 bits per heavy atom. The molecule has 0 aromatic heterocycles. The fourth-order valence-electron chi connectivity index (χ4n) is 3.54. The van der Waals surface area contributed by atoms with Gasteiger partial charge < -0.3 is 9.64 Å². The van der Waals surface area contributed by atoms with Crippen LogP contribution in [0.25, 0.3) is 0 Å². The van der Waals surface area contributed by atoms with Crippen LogP contribution in [0.4, 0.5) is 0 Å². The molecule has 1 amide bonds. The number of rotatable bonds is 3. The maximum Gasteiger partial charge on any atom is 0.226 e. The second kappa shape index (κ2) is 6.72. The standard InChI is InChI=1S/C17H24N2O4S/c1-23-16-4-3-13-5-8-18(12-15(13)11-16)17(20)14-6-9-19(10-7-14)24(2,21)22/h3-4,11,14H,5-10,12H2,1-2H3. The molecule has 1 fully saturated rings. The third-order valence-corrected chi connectivity index (χ3v) is 6.31. The number of piperidine rings is 1. The van der Waals surface area contributed by atoms with E-state index in [9.17, 15) is 13.2 Å². The Hall–Kier alpha value is -1.60. The molecule has 0 spiro atoms. The molecule has 2 aliphatic heterocycles. The van der Waals surface area contributed by atoms with Crippen molar-refractivity contribution < 1.29 is 17.9 Å². The molecule has 0 unspecified atom stereocenters. The first kappa shape index (κ1) is 17.2. The quantitative estimate of drug-likeness (QED) is 0.821. The highest BCUT2D eigenvalue weighted by Gasteiger charge is 2.32. The zero-order valence-electron chi connectivity index (χ0n) is 14.2. The molecule has 0 aliphatic carbocycles. The lowest BCUT2D eigenvalue weighted by molar-refractivity contribution is -0.137. The van der Waals surface area contributed by atoms with Crippen molar-refractivity contribution in [2.24, 2.45) is 5.92 Å². The molecule has 132 valence electrons. The second-order valence-corrected chi connectivity index (χ2v) is 8.56. The molecule has 1 aromatic carbocycles. The van der Waals surface area contributed by atoms with Crippen molar-refractivity contribution in [1.29, 1.82) is 0 Å². The lowest BCUT2D eigenvalue weighted by Gasteiger charge is -2.35. The Balaban J connectivity index is 1.64. The highest BCUT2D eigenvalue weighted by Crippen LogP contribution is 2.27. The molecule has 0 saturated carbocycles. The minimum atomic E-state index is -3.15. The number of ether oxygens (including phenoxy) is 1. The Bertz CT molecular complexity index is 724. The first-order chi connectivity index (χ1) is 11.4. The van der Waals surface area contributed by atoms with Crippen LogP contribution in [0.3, 0.4) is 0 Å². The van der Waals surface area contributed by atoms with Gasteiger partial charge in [-0.2, -0.15) is 0 Å². The number of methoxy groups -OCH3 is 1. The van der Waals surface area contributed by atoms with Crippen molar-refractivity contribution in [3.63, 3.8) is 0 Å². The summed E-state index contributed by atoms with van der Waals surface area (Å²) in [7, 11) is -1.51. The van der Waals surface area contributed by atoms with Gasteiger partial charge in [0.15, 0.2) is 0 Å². The molecule has 0 bridgehead atoms. The summed E-state index contributed by atoms with van der Waals surface area (Å²) < 4.78 is 29.9. The third kappa shape index (κ3) is 3.57. The summed E-state index contributed by atoms with van der Waals surface area (Å²) in [5, 5.41) is 0. The second-order valence-electron chi connectivity index (χ2n) is 6.58. The Labute approximate surface area is 143 Å². The first-order valence-electron chi connectivity index (χ1n) is 8.28. The fraction of sp³-hybridized carbons (Fsp3) is 0.588. The minimum Gasteiger partial charge on any atom is -0.497 e. The van der Waals surface area contributed by atoms with Crippen LogP contribution in [0.1, 0.15) is 24.0 Å². The normalized spacial score (nSPS) is 19.8. The molecule has 0 atom stereocenters. The molecule has 6 nitrogen and oxygen atoms in total. The number of fused-ring (bicyclic) bond motifs is 1. The van der Waals surface area contributed by atoms with Crippen molar-refractivity contribution >= 4 is 15.9 Å². The van der Waals surface area contributed by atoms with E-state index >= 15 is 0 Å². The molecule has 1 saturated heterocycles. The summed E-state index contributed by atoms with van der Waals surface area (Å²) in [6.45, 7) is 2.21. The molecule has 0 N–H and O–H groups in total. The van der Waals surface area contributed by atoms with Crippen molar-refractivity contribution in [2.45, 2.75) is 25.8 Å². The van der Waals surface area contributed by atoms with Gasteiger partial charge in [-0.05, 0) is 42.5 Å². The fourth-order valence-corrected chi connectivity index (χ4v) is 4.42. The molecular weight excluding hydrogens is 328 g/mol. The number of nitrogens with zero attached hydrogens (tertiary/aromatic N) is 2. The maximum atomic E-state index is 12.8. The molecule has 1 aromatic rings. The van der Waals surface area contributed by atoms with E-state index in [0.717, 1.165) is 24.3 Å². The SMILES string of the molecule is COc1ccc2c(c1)CN(C(=O)C1CCN(S(C)(=O)=O)CC1)CC2. The Morgan fingerprint density at radius 2 is 1.88 bits per heavy atom. The number of hydrogen-bond acceptors (Lipinski definition) is 4. The van der Waals surface area contributed by atoms with E-state index in [1.54, 1.807) is 7.11 Å². The molecule has 2 aliphatic rings. The number of carbonyl (C=O) groups excluding carboxylic acids is 1. The van der Waals surface area contributed by atoms with Gasteiger partial charge in [0.25, 0.3) is 0 Å². The predicted molar refractivity (Wildman–Crippen MR) is 91.3 cm³/mol. The van der Waals surface area contributed by atoms with E-state index in [2.05, 4.69) is 6.07 Å². The zero-order valence-corrected chi connectivity index (χ0v) is 15.0. The van der Waals surface area contributed by atoms with Gasteiger partial charge in [-0.1, -0.05) is 6.07 Å². The number of hydrogen-bond donors (Lipinski definition) is 0. The van der Waals surface area contributed by atoms with Gasteiger partial charge in [-0.3, -0.25) is 4.79 Å². The van der Waals surface area contributed by atoms with Crippen molar-refractivity contribution in [1.82, 2.24) is 9.21 Å². The van der Waals surface area contributed by atoms with Crippen molar-refractivity contribution in [3.05, 3.63) is 29.3 Å². The lowest BCUT2D eigenvalue weighted by atomic mass is 9.93. The largest absolute Gasteiger partial charge is 0.497 e. The maximum absolute atomic E-state index is 12.8. The van der Waals surface area contributed by atoms with Crippen LogP contribution in [-0.2, 0) is 27.8 Å². The van der Waals surface area contributed by atoms with Gasteiger partial charge in [0.2, 0.25) is 15.9 Å². The van der Waals surface area contributed by atoms with Crippen LogP contribution >= 0.6 is 0 Å². The first-order valence-corrected chi connectivity index (χ1v) is 10.1. The van der Waals surface area contributed by atoms with Gasteiger partial charge >= 0.3 is 0 Å². The predicted octanol–water partition coefficient (Wildman–Crippen LogP) is 1.25. The average Bonchev–Trinajstić information content (AvgIpc) is 2.59. The molecule has 3 rings (SSSR count). The summed E-state index contributed by atoms with van der Waals surface area (Å²) in [4.78, 5) is 14.7. The van der Waals surface area contributed by atoms with Crippen LogP contribution in [0.5, 0.6) is 5.75 Å². The van der Waals surface area contributed by atoms with E-state index in [1.165, 1.54) is 16.1 Å². The Morgan fingerprint density at radius 3 is 2.50 bits per heavy atom. The Kier molecular flexibility index (Phi) is 4.83. The summed E-state index contributed by atoms with van der Waals surface area (Å²) in [5.74, 6) is 0.885. The van der Waals surface area contributed by atoms with Crippen molar-refractivity contribution in [3.8, 4) is 5.75 Å². The van der Waals surface area contributed by atoms with Gasteiger partial charge in [-0.25, -0.2) is 12.7 Å². The molecule has 2 heterocycles. The topological polar surface area (TPSA) is 66.9 Å². The van der Waals surface area contributed by atoms with E-state index in [0.29, 0.717) is 32.5 Å². The molecule has 24 heavy (non-hydrogen) atoms. The summed E-state index contributed by atoms with van der Waals surface area (Å²) >= 11 is 0. The molecule has 0 radical (unpaired) electrons. The van der Waals surface area contributed by atoms with Gasteiger partial charge in [-0.15, -0.1) is 0 Å². The van der Waals surface area contributed by atoms with E-state index < -0.39 is 10.0 Å². The van der Waals surface area contributed by atoms with Crippen LogP contribution in [0, 0.1) is 5.92 Å². The van der Waals surface area contributed by atoms with E-state index in [1.807, 2.05) is 17.0 Å². The summed E-state index contributed by atoms with van der Waals surface area (Å²) in [6.07, 6.45) is 3.29. The van der Waals surface area contributed by atoms with Gasteiger partial charge in [0.05, 0.1) is 13.4 Å². The molecular formula is C17H24N2O4S. The highest BCUT2D eigenvalue weighted by molar-refractivity contribution is 7.88. The van der Waals surface area contributed by atoms with Crippen LogP contribution in [0.15, 0.2) is 18.2 Å². The average molecular weight is 352 g/mol. The molecule has 7 heteroatoms. The number of carbonyl (C=O) groups is 1. The number of benzene rings is 1. The van der Waals surface area contributed by atoms with Crippen LogP contribution in [0.2, 0.25) is 0 Å². The third-order valence-electron chi connectivity index (χ3n) is 5.01.